The first-order valence-corrected chi connectivity index (χ1v) is 6.82. The Hall–Kier alpha value is -0.653. The van der Waals surface area contributed by atoms with Crippen molar-refractivity contribution in [3.63, 3.8) is 0 Å². The summed E-state index contributed by atoms with van der Waals surface area (Å²) in [6, 6.07) is 0. The molecule has 0 spiro atoms. The predicted octanol–water partition coefficient (Wildman–Crippen LogP) is 1.22. The molecule has 0 aliphatic rings. The molecule has 0 heterocycles. The standard InChI is InChI=1S/C8H16O3Si.C4H10O/c1-4-7(6(3)11-12)10-8(9)5-2;1-3-5-4-2/h5-7H,2,4H2,1,3,12H3;3-4H2,1-2H3. The molecule has 0 saturated heterocycles. The maximum atomic E-state index is 10.8. The fourth-order valence-electron chi connectivity index (χ4n) is 1.06. The highest BCUT2D eigenvalue weighted by Gasteiger charge is 2.17. The summed E-state index contributed by atoms with van der Waals surface area (Å²) >= 11 is 0. The Morgan fingerprint density at radius 2 is 1.88 bits per heavy atom. The molecule has 0 aromatic heterocycles. The Bertz CT molecular complexity index is 195. The van der Waals surface area contributed by atoms with Crippen LogP contribution in [0.25, 0.3) is 0 Å². The van der Waals surface area contributed by atoms with E-state index in [0.717, 1.165) is 19.6 Å². The van der Waals surface area contributed by atoms with Crippen LogP contribution in [0.4, 0.5) is 0 Å². The third kappa shape index (κ3) is 11.6. The smallest absolute Gasteiger partial charge is 0.330 e. The molecule has 0 aliphatic heterocycles. The Morgan fingerprint density at radius 1 is 1.35 bits per heavy atom. The van der Waals surface area contributed by atoms with E-state index in [2.05, 4.69) is 6.58 Å². The van der Waals surface area contributed by atoms with E-state index in [1.807, 2.05) is 27.7 Å². The van der Waals surface area contributed by atoms with Gasteiger partial charge in [-0.1, -0.05) is 13.5 Å². The first-order valence-electron chi connectivity index (χ1n) is 6.00. The fourth-order valence-corrected chi connectivity index (χ4v) is 1.37. The van der Waals surface area contributed by atoms with Gasteiger partial charge in [0.05, 0.1) is 6.10 Å². The van der Waals surface area contributed by atoms with Gasteiger partial charge in [0.1, 0.15) is 16.6 Å². The zero-order valence-electron chi connectivity index (χ0n) is 11.7. The van der Waals surface area contributed by atoms with E-state index in [-0.39, 0.29) is 18.2 Å². The molecule has 0 rings (SSSR count). The maximum Gasteiger partial charge on any atom is 0.330 e. The first kappa shape index (κ1) is 18.7. The maximum absolute atomic E-state index is 10.8. The summed E-state index contributed by atoms with van der Waals surface area (Å²) in [5.74, 6) is -0.382. The van der Waals surface area contributed by atoms with Gasteiger partial charge in [0.15, 0.2) is 0 Å². The van der Waals surface area contributed by atoms with Gasteiger partial charge in [0, 0.05) is 19.3 Å². The van der Waals surface area contributed by atoms with Crippen molar-refractivity contribution in [2.45, 2.75) is 46.3 Å². The average Bonchev–Trinajstić information content (AvgIpc) is 2.36. The summed E-state index contributed by atoms with van der Waals surface area (Å²) in [6.45, 7) is 12.8. The zero-order valence-corrected chi connectivity index (χ0v) is 13.7. The molecule has 0 N–H and O–H groups in total. The second-order valence-corrected chi connectivity index (χ2v) is 3.78. The van der Waals surface area contributed by atoms with Crippen LogP contribution < -0.4 is 0 Å². The number of carbonyl (C=O) groups excluding carboxylic acids is 1. The van der Waals surface area contributed by atoms with E-state index in [1.165, 1.54) is 6.08 Å². The molecule has 2 unspecified atom stereocenters. The van der Waals surface area contributed by atoms with Crippen LogP contribution in [0.3, 0.4) is 0 Å². The summed E-state index contributed by atoms with van der Waals surface area (Å²) < 4.78 is 15.1. The van der Waals surface area contributed by atoms with Crippen LogP contribution in [0.15, 0.2) is 12.7 Å². The Kier molecular flexibility index (Phi) is 14.8. The number of rotatable bonds is 7. The molecule has 2 atom stereocenters. The molecular weight excluding hydrogens is 236 g/mol. The second kappa shape index (κ2) is 13.4. The van der Waals surface area contributed by atoms with Gasteiger partial charge >= 0.3 is 5.97 Å². The van der Waals surface area contributed by atoms with E-state index >= 15 is 0 Å². The Labute approximate surface area is 108 Å². The third-order valence-corrected chi connectivity index (χ3v) is 2.88. The lowest BCUT2D eigenvalue weighted by atomic mass is 10.2. The van der Waals surface area contributed by atoms with Gasteiger partial charge < -0.3 is 13.9 Å². The molecule has 0 aromatic carbocycles. The fraction of sp³-hybridized carbons (Fsp3) is 0.750. The van der Waals surface area contributed by atoms with Gasteiger partial charge in [-0.15, -0.1) is 0 Å². The molecule has 0 aliphatic carbocycles. The molecule has 0 fully saturated rings. The third-order valence-electron chi connectivity index (χ3n) is 2.14. The molecule has 0 amide bonds. The molecule has 17 heavy (non-hydrogen) atoms. The van der Waals surface area contributed by atoms with Gasteiger partial charge in [-0.25, -0.2) is 4.79 Å². The molecule has 4 nitrogen and oxygen atoms in total. The molecule has 5 heteroatoms. The Balaban J connectivity index is 0. The lowest BCUT2D eigenvalue weighted by Crippen LogP contribution is -2.29. The number of carbonyl (C=O) groups is 1. The lowest BCUT2D eigenvalue weighted by molar-refractivity contribution is -0.147. The number of hydrogen-bond acceptors (Lipinski definition) is 4. The zero-order chi connectivity index (χ0) is 13.7. The van der Waals surface area contributed by atoms with Crippen molar-refractivity contribution >= 4 is 16.5 Å². The van der Waals surface area contributed by atoms with E-state index in [4.69, 9.17) is 13.9 Å². The molecule has 0 radical (unpaired) electrons. The summed E-state index contributed by atoms with van der Waals surface area (Å²) in [7, 11) is 0.660. The van der Waals surface area contributed by atoms with Crippen molar-refractivity contribution in [3.8, 4) is 0 Å². The topological polar surface area (TPSA) is 44.8 Å². The van der Waals surface area contributed by atoms with Gasteiger partial charge in [0.25, 0.3) is 0 Å². The highest BCUT2D eigenvalue weighted by atomic mass is 28.2. The van der Waals surface area contributed by atoms with Gasteiger partial charge in [0.2, 0.25) is 0 Å². The van der Waals surface area contributed by atoms with Crippen molar-refractivity contribution in [3.05, 3.63) is 12.7 Å². The van der Waals surface area contributed by atoms with Crippen molar-refractivity contribution in [1.29, 1.82) is 0 Å². The molecule has 0 saturated carbocycles. The van der Waals surface area contributed by atoms with Crippen molar-refractivity contribution < 1.29 is 18.7 Å². The van der Waals surface area contributed by atoms with Crippen molar-refractivity contribution in [2.24, 2.45) is 0 Å². The summed E-state index contributed by atoms with van der Waals surface area (Å²) in [6.07, 6.45) is 1.78. The minimum Gasteiger partial charge on any atom is -0.457 e. The van der Waals surface area contributed by atoms with Crippen molar-refractivity contribution in [2.75, 3.05) is 13.2 Å². The quantitative estimate of drug-likeness (QED) is 0.393. The second-order valence-electron chi connectivity index (χ2n) is 3.31. The van der Waals surface area contributed by atoms with Crippen LogP contribution in [-0.2, 0) is 18.7 Å². The lowest BCUT2D eigenvalue weighted by Gasteiger charge is -2.21. The van der Waals surface area contributed by atoms with Crippen LogP contribution in [0.5, 0.6) is 0 Å². The summed E-state index contributed by atoms with van der Waals surface area (Å²) in [5, 5.41) is 0. The number of hydrogen-bond donors (Lipinski definition) is 0. The Morgan fingerprint density at radius 3 is 2.12 bits per heavy atom. The average molecular weight is 262 g/mol. The van der Waals surface area contributed by atoms with Crippen molar-refractivity contribution in [1.82, 2.24) is 0 Å². The highest BCUT2D eigenvalue weighted by Crippen LogP contribution is 2.07. The number of ether oxygens (including phenoxy) is 2. The van der Waals surface area contributed by atoms with Crippen LogP contribution in [-0.4, -0.2) is 41.9 Å². The van der Waals surface area contributed by atoms with Crippen LogP contribution >= 0.6 is 0 Å². The monoisotopic (exact) mass is 262 g/mol. The summed E-state index contributed by atoms with van der Waals surface area (Å²) in [5.41, 5.74) is 0. The number of esters is 1. The van der Waals surface area contributed by atoms with Gasteiger partial charge in [-0.2, -0.15) is 0 Å². The first-order chi connectivity index (χ1) is 8.06. The van der Waals surface area contributed by atoms with Gasteiger partial charge in [-0.05, 0) is 27.2 Å². The highest BCUT2D eigenvalue weighted by molar-refractivity contribution is 5.98. The van der Waals surface area contributed by atoms with E-state index < -0.39 is 0 Å². The van der Waals surface area contributed by atoms with E-state index in [0.29, 0.717) is 10.5 Å². The van der Waals surface area contributed by atoms with E-state index in [1.54, 1.807) is 0 Å². The summed E-state index contributed by atoms with van der Waals surface area (Å²) in [4.78, 5) is 10.8. The van der Waals surface area contributed by atoms with Crippen LogP contribution in [0, 0.1) is 0 Å². The molecule has 102 valence electrons. The predicted molar refractivity (Wildman–Crippen MR) is 73.0 cm³/mol. The minimum atomic E-state index is -0.382. The van der Waals surface area contributed by atoms with Gasteiger partial charge in [-0.3, -0.25) is 0 Å². The minimum absolute atomic E-state index is 0.00873. The van der Waals surface area contributed by atoms with Crippen LogP contribution in [0.2, 0.25) is 0 Å². The largest absolute Gasteiger partial charge is 0.457 e. The SMILES string of the molecule is C=CC(=O)OC(CC)C(C)O[SiH3].CCOCC. The molecule has 0 aromatic rings. The normalized spacial score (nSPS) is 13.2. The molecular formula is C12H26O4Si. The van der Waals surface area contributed by atoms with Crippen LogP contribution in [0.1, 0.15) is 34.1 Å². The van der Waals surface area contributed by atoms with E-state index in [9.17, 15) is 4.79 Å². The molecule has 0 bridgehead atoms.